The molecule has 0 radical (unpaired) electrons. The number of nitrogens with one attached hydrogen (secondary N) is 1. The molecule has 0 aromatic carbocycles. The van der Waals surface area contributed by atoms with Gasteiger partial charge >= 0.3 is 6.03 Å². The number of hydrogen-bond acceptors (Lipinski definition) is 3. The quantitative estimate of drug-likeness (QED) is 0.454. The summed E-state index contributed by atoms with van der Waals surface area (Å²) in [5.41, 5.74) is 1.49. The van der Waals surface area contributed by atoms with Crippen molar-refractivity contribution in [2.45, 2.75) is 13.0 Å². The monoisotopic (exact) mass is 189 g/mol. The van der Waals surface area contributed by atoms with E-state index in [1.54, 1.807) is 14.1 Å². The molecule has 0 aromatic rings. The van der Waals surface area contributed by atoms with Crippen LogP contribution in [-0.4, -0.2) is 54.1 Å². The number of carbonyl (C=O) groups is 2. The number of likely N-dealkylation sites (N-methyl/N-ethyl adjacent to an activating group) is 1. The first-order valence-corrected chi connectivity index (χ1v) is 3.79. The molecular weight excluding hydrogens is 174 g/mol. The van der Waals surface area contributed by atoms with E-state index in [-0.39, 0.29) is 6.03 Å². The van der Waals surface area contributed by atoms with Gasteiger partial charge in [0.05, 0.1) is 0 Å². The summed E-state index contributed by atoms with van der Waals surface area (Å²) in [6.45, 7) is 1.52. The summed E-state index contributed by atoms with van der Waals surface area (Å²) in [6.07, 6.45) is 0. The van der Waals surface area contributed by atoms with E-state index in [2.05, 4.69) is 0 Å². The lowest BCUT2D eigenvalue weighted by Crippen LogP contribution is -2.48. The van der Waals surface area contributed by atoms with Crippen molar-refractivity contribution in [3.8, 4) is 0 Å². The van der Waals surface area contributed by atoms with Crippen LogP contribution in [0.25, 0.3) is 0 Å². The van der Waals surface area contributed by atoms with Gasteiger partial charge in [-0.25, -0.2) is 10.3 Å². The number of urea groups is 1. The summed E-state index contributed by atoms with van der Waals surface area (Å²) in [7, 11) is 4.66. The molecular formula is C7H15N3O3. The molecule has 3 amide bonds. The van der Waals surface area contributed by atoms with Gasteiger partial charge in [0.25, 0.3) is 5.91 Å². The minimum atomic E-state index is -0.695. The Bertz CT molecular complexity index is 205. The highest BCUT2D eigenvalue weighted by Gasteiger charge is 2.22. The van der Waals surface area contributed by atoms with Crippen LogP contribution in [0.4, 0.5) is 4.79 Å². The summed E-state index contributed by atoms with van der Waals surface area (Å²) < 4.78 is 0. The second-order valence-electron chi connectivity index (χ2n) is 2.94. The molecule has 0 aliphatic rings. The molecule has 0 fully saturated rings. The normalized spacial score (nSPS) is 11.8. The van der Waals surface area contributed by atoms with E-state index >= 15 is 0 Å². The van der Waals surface area contributed by atoms with Gasteiger partial charge in [0.1, 0.15) is 6.04 Å². The molecule has 0 saturated carbocycles. The van der Waals surface area contributed by atoms with Crippen molar-refractivity contribution in [2.75, 3.05) is 21.1 Å². The van der Waals surface area contributed by atoms with E-state index in [4.69, 9.17) is 5.21 Å². The molecule has 0 aliphatic heterocycles. The topological polar surface area (TPSA) is 72.9 Å². The molecule has 2 N–H and O–H groups in total. The smallest absolute Gasteiger partial charge is 0.319 e. The first-order chi connectivity index (χ1) is 5.91. The first kappa shape index (κ1) is 11.7. The van der Waals surface area contributed by atoms with Crippen molar-refractivity contribution in [1.29, 1.82) is 0 Å². The Morgan fingerprint density at radius 1 is 1.31 bits per heavy atom. The van der Waals surface area contributed by atoms with Crippen LogP contribution in [0.2, 0.25) is 0 Å². The fourth-order valence-electron chi connectivity index (χ4n) is 0.750. The average Bonchev–Trinajstić information content (AvgIpc) is 2.12. The molecule has 13 heavy (non-hydrogen) atoms. The summed E-state index contributed by atoms with van der Waals surface area (Å²) >= 11 is 0. The highest BCUT2D eigenvalue weighted by atomic mass is 16.5. The van der Waals surface area contributed by atoms with Crippen LogP contribution in [0.5, 0.6) is 0 Å². The minimum absolute atomic E-state index is 0.295. The number of hydrogen-bond donors (Lipinski definition) is 2. The highest BCUT2D eigenvalue weighted by molar-refractivity contribution is 5.85. The number of amides is 3. The van der Waals surface area contributed by atoms with Crippen molar-refractivity contribution < 1.29 is 14.8 Å². The molecule has 1 atom stereocenters. The third-order valence-electron chi connectivity index (χ3n) is 1.75. The number of carbonyl (C=O) groups excluding carboxylic acids is 2. The predicted molar refractivity (Wildman–Crippen MR) is 46.2 cm³/mol. The first-order valence-electron chi connectivity index (χ1n) is 3.79. The molecule has 76 valence electrons. The number of nitrogens with zero attached hydrogens (tertiary/aromatic N) is 2. The lowest BCUT2D eigenvalue weighted by atomic mass is 10.3. The third kappa shape index (κ3) is 2.90. The molecule has 0 rings (SSSR count). The average molecular weight is 189 g/mol. The van der Waals surface area contributed by atoms with Crippen LogP contribution in [-0.2, 0) is 4.79 Å². The zero-order chi connectivity index (χ0) is 10.6. The van der Waals surface area contributed by atoms with Crippen molar-refractivity contribution in [3.05, 3.63) is 0 Å². The molecule has 0 spiro atoms. The van der Waals surface area contributed by atoms with Gasteiger partial charge in [-0.3, -0.25) is 10.0 Å². The summed E-state index contributed by atoms with van der Waals surface area (Å²) in [6, 6.07) is -0.990. The molecule has 0 aliphatic carbocycles. The van der Waals surface area contributed by atoms with E-state index in [1.165, 1.54) is 29.3 Å². The van der Waals surface area contributed by atoms with Crippen LogP contribution in [0.15, 0.2) is 0 Å². The van der Waals surface area contributed by atoms with Crippen molar-refractivity contribution in [3.63, 3.8) is 0 Å². The Kier molecular flexibility index (Phi) is 4.19. The Labute approximate surface area is 77.1 Å². The van der Waals surface area contributed by atoms with Crippen molar-refractivity contribution in [1.82, 2.24) is 15.3 Å². The van der Waals surface area contributed by atoms with Gasteiger partial charge in [-0.1, -0.05) is 0 Å². The van der Waals surface area contributed by atoms with Crippen LogP contribution in [0.3, 0.4) is 0 Å². The SMILES string of the molecule is CC(C(=O)NO)N(C)C(=O)N(C)C. The predicted octanol–water partition coefficient (Wildman–Crippen LogP) is -0.506. The van der Waals surface area contributed by atoms with Gasteiger partial charge in [0.15, 0.2) is 0 Å². The molecule has 6 nitrogen and oxygen atoms in total. The third-order valence-corrected chi connectivity index (χ3v) is 1.75. The summed E-state index contributed by atoms with van der Waals surface area (Å²) in [5.74, 6) is -0.613. The summed E-state index contributed by atoms with van der Waals surface area (Å²) in [4.78, 5) is 24.8. The molecule has 0 bridgehead atoms. The Morgan fingerprint density at radius 2 is 1.77 bits per heavy atom. The molecule has 0 saturated heterocycles. The second kappa shape index (κ2) is 4.66. The van der Waals surface area contributed by atoms with Crippen LogP contribution < -0.4 is 5.48 Å². The Hall–Kier alpha value is -1.30. The molecule has 0 heterocycles. The zero-order valence-corrected chi connectivity index (χ0v) is 8.24. The van der Waals surface area contributed by atoms with Gasteiger partial charge in [-0.15, -0.1) is 0 Å². The van der Waals surface area contributed by atoms with Crippen molar-refractivity contribution in [2.24, 2.45) is 0 Å². The number of hydroxylamine groups is 1. The Morgan fingerprint density at radius 3 is 2.08 bits per heavy atom. The Balaban J connectivity index is 4.33. The van der Waals surface area contributed by atoms with Crippen molar-refractivity contribution >= 4 is 11.9 Å². The van der Waals surface area contributed by atoms with Crippen LogP contribution in [0, 0.1) is 0 Å². The lowest BCUT2D eigenvalue weighted by molar-refractivity contribution is -0.133. The number of rotatable bonds is 2. The minimum Gasteiger partial charge on any atom is -0.331 e. The fourth-order valence-corrected chi connectivity index (χ4v) is 0.750. The van der Waals surface area contributed by atoms with E-state index in [9.17, 15) is 9.59 Å². The largest absolute Gasteiger partial charge is 0.331 e. The maximum atomic E-state index is 11.3. The van der Waals surface area contributed by atoms with E-state index in [1.807, 2.05) is 0 Å². The summed E-state index contributed by atoms with van der Waals surface area (Å²) in [5, 5.41) is 8.32. The van der Waals surface area contributed by atoms with Gasteiger partial charge in [-0.2, -0.15) is 0 Å². The maximum absolute atomic E-state index is 11.3. The molecule has 1 unspecified atom stereocenters. The van der Waals surface area contributed by atoms with E-state index in [0.717, 1.165) is 0 Å². The van der Waals surface area contributed by atoms with Gasteiger partial charge in [-0.05, 0) is 6.92 Å². The maximum Gasteiger partial charge on any atom is 0.319 e. The zero-order valence-electron chi connectivity index (χ0n) is 8.24. The van der Waals surface area contributed by atoms with Crippen LogP contribution >= 0.6 is 0 Å². The second-order valence-corrected chi connectivity index (χ2v) is 2.94. The van der Waals surface area contributed by atoms with Crippen LogP contribution in [0.1, 0.15) is 6.92 Å². The van der Waals surface area contributed by atoms with E-state index < -0.39 is 11.9 Å². The standard InChI is InChI=1S/C7H15N3O3/c1-5(6(11)8-13)10(4)7(12)9(2)3/h5,13H,1-4H3,(H,8,11). The van der Waals surface area contributed by atoms with Gasteiger partial charge in [0.2, 0.25) is 0 Å². The van der Waals surface area contributed by atoms with Gasteiger partial charge < -0.3 is 9.80 Å². The highest BCUT2D eigenvalue weighted by Crippen LogP contribution is 1.98. The lowest BCUT2D eigenvalue weighted by Gasteiger charge is -2.26. The van der Waals surface area contributed by atoms with E-state index in [0.29, 0.717) is 0 Å². The van der Waals surface area contributed by atoms with Gasteiger partial charge in [0, 0.05) is 21.1 Å². The molecule has 0 aromatic heterocycles. The fraction of sp³-hybridized carbons (Fsp3) is 0.714. The molecule has 6 heteroatoms.